The van der Waals surface area contributed by atoms with Gasteiger partial charge in [0.1, 0.15) is 11.6 Å². The molecule has 34 heavy (non-hydrogen) atoms. The molecular weight excluding hydrogens is 441 g/mol. The molecule has 0 aliphatic rings. The number of hydrogen-bond acceptors (Lipinski definition) is 8. The highest BCUT2D eigenvalue weighted by Crippen LogP contribution is 2.38. The van der Waals surface area contributed by atoms with Crippen molar-refractivity contribution >= 4 is 28.9 Å². The smallest absolute Gasteiger partial charge is 0.278 e. The van der Waals surface area contributed by atoms with Crippen LogP contribution in [0.4, 0.5) is 27.4 Å². The summed E-state index contributed by atoms with van der Waals surface area (Å²) < 4.78 is 20.9. The van der Waals surface area contributed by atoms with Gasteiger partial charge in [0.15, 0.2) is 5.75 Å². The van der Waals surface area contributed by atoms with Crippen molar-refractivity contribution in [1.29, 1.82) is 0 Å². The van der Waals surface area contributed by atoms with Crippen molar-refractivity contribution in [3.63, 3.8) is 0 Å². The first kappa shape index (κ1) is 22.7. The van der Waals surface area contributed by atoms with Crippen LogP contribution in [0.2, 0.25) is 0 Å². The number of rotatable bonds is 8. The van der Waals surface area contributed by atoms with Crippen molar-refractivity contribution in [2.45, 2.75) is 0 Å². The van der Waals surface area contributed by atoms with Gasteiger partial charge in [-0.1, -0.05) is 12.1 Å². The zero-order valence-corrected chi connectivity index (χ0v) is 18.7. The summed E-state index contributed by atoms with van der Waals surface area (Å²) >= 11 is 0. The van der Waals surface area contributed by atoms with Gasteiger partial charge in [0, 0.05) is 31.1 Å². The first-order valence-electron chi connectivity index (χ1n) is 10.2. The largest absolute Gasteiger partial charge is 0.494 e. The lowest BCUT2D eigenvalue weighted by Gasteiger charge is -2.17. The number of pyridine rings is 2. The Hall–Kier alpha value is -4.51. The Labute approximate surface area is 194 Å². The molecule has 0 radical (unpaired) electrons. The second-order valence-corrected chi connectivity index (χ2v) is 7.11. The van der Waals surface area contributed by atoms with E-state index < -0.39 is 11.9 Å². The van der Waals surface area contributed by atoms with Gasteiger partial charge < -0.3 is 15.4 Å². The minimum atomic E-state index is -0.629. The fraction of sp³-hybridized carbons (Fsp3) is 0.130. The summed E-state index contributed by atoms with van der Waals surface area (Å²) in [5, 5.41) is 10.6. The Kier molecular flexibility index (Phi) is 6.64. The zero-order valence-electron chi connectivity index (χ0n) is 18.7. The number of halogens is 1. The Morgan fingerprint density at radius 1 is 1.03 bits per heavy atom. The Morgan fingerprint density at radius 2 is 1.85 bits per heavy atom. The molecule has 1 amide bonds. The number of carbonyl (C=O) groups excluding carboxylic acids is 1. The lowest BCUT2D eigenvalue weighted by molar-refractivity contribution is 0.0538. The predicted octanol–water partition coefficient (Wildman–Crippen LogP) is 3.80. The van der Waals surface area contributed by atoms with Crippen molar-refractivity contribution in [3.05, 3.63) is 72.4 Å². The normalized spacial score (nSPS) is 10.6. The van der Waals surface area contributed by atoms with E-state index in [2.05, 4.69) is 31.2 Å². The topological polar surface area (TPSA) is 115 Å². The van der Waals surface area contributed by atoms with Crippen LogP contribution >= 0.6 is 0 Å². The Balaban J connectivity index is 1.74. The molecule has 3 N–H and O–H groups in total. The van der Waals surface area contributed by atoms with E-state index in [9.17, 15) is 9.18 Å². The van der Waals surface area contributed by atoms with Gasteiger partial charge in [-0.3, -0.25) is 14.3 Å². The molecule has 0 atom stereocenters. The third-order valence-electron chi connectivity index (χ3n) is 4.79. The zero-order chi connectivity index (χ0) is 24.1. The lowest BCUT2D eigenvalue weighted by Crippen LogP contribution is -2.23. The number of anilines is 4. The molecule has 0 saturated heterocycles. The molecule has 174 valence electrons. The van der Waals surface area contributed by atoms with Gasteiger partial charge in [0.2, 0.25) is 5.95 Å². The Bertz CT molecular complexity index is 1330. The summed E-state index contributed by atoms with van der Waals surface area (Å²) in [5.74, 6) is 0.0115. The minimum Gasteiger partial charge on any atom is -0.494 e. The molecule has 1 aromatic carbocycles. The van der Waals surface area contributed by atoms with Crippen LogP contribution in [0, 0.1) is 5.95 Å². The molecular formula is C23H22FN7O3. The van der Waals surface area contributed by atoms with E-state index in [1.54, 1.807) is 23.9 Å². The van der Waals surface area contributed by atoms with Gasteiger partial charge in [0.25, 0.3) is 5.91 Å². The number of nitrogens with zero attached hydrogens (tertiary/aromatic N) is 4. The van der Waals surface area contributed by atoms with Crippen molar-refractivity contribution < 1.29 is 18.8 Å². The lowest BCUT2D eigenvalue weighted by atomic mass is 10.1. The number of benzene rings is 1. The van der Waals surface area contributed by atoms with E-state index in [0.717, 1.165) is 11.3 Å². The van der Waals surface area contributed by atoms with Gasteiger partial charge >= 0.3 is 0 Å². The molecule has 0 unspecified atom stereocenters. The van der Waals surface area contributed by atoms with E-state index in [0.29, 0.717) is 22.9 Å². The molecule has 0 spiro atoms. The average molecular weight is 463 g/mol. The molecule has 11 heteroatoms. The third-order valence-corrected chi connectivity index (χ3v) is 4.79. The maximum atomic E-state index is 13.5. The summed E-state index contributed by atoms with van der Waals surface area (Å²) in [6, 6.07) is 13.4. The van der Waals surface area contributed by atoms with E-state index in [1.807, 2.05) is 37.5 Å². The number of hydrogen-bond donors (Lipinski definition) is 3. The molecule has 0 fully saturated rings. The fourth-order valence-corrected chi connectivity index (χ4v) is 3.33. The van der Waals surface area contributed by atoms with Crippen LogP contribution in [0.3, 0.4) is 0 Å². The summed E-state index contributed by atoms with van der Waals surface area (Å²) in [7, 11) is 4.72. The maximum Gasteiger partial charge on any atom is 0.278 e. The second-order valence-electron chi connectivity index (χ2n) is 7.11. The monoisotopic (exact) mass is 463 g/mol. The van der Waals surface area contributed by atoms with E-state index >= 15 is 0 Å². The SMILES string of the molecule is CONC(=O)c1cnc(Nc2cccc(F)n2)cc1Nc1cccc(-c2ccn(C)n2)c1OC. The third kappa shape index (κ3) is 4.94. The first-order chi connectivity index (χ1) is 16.5. The molecule has 3 heterocycles. The Morgan fingerprint density at radius 3 is 2.56 bits per heavy atom. The fourth-order valence-electron chi connectivity index (χ4n) is 3.33. The van der Waals surface area contributed by atoms with Gasteiger partial charge in [-0.15, -0.1) is 0 Å². The van der Waals surface area contributed by atoms with Crippen molar-refractivity contribution in [3.8, 4) is 17.0 Å². The number of amides is 1. The number of nitrogens with one attached hydrogen (secondary N) is 3. The van der Waals surface area contributed by atoms with Crippen LogP contribution in [0.25, 0.3) is 11.3 Å². The molecule has 4 rings (SSSR count). The molecule has 4 aromatic rings. The summed E-state index contributed by atoms with van der Waals surface area (Å²) in [6.07, 6.45) is 3.21. The highest BCUT2D eigenvalue weighted by atomic mass is 19.1. The number of ether oxygens (including phenoxy) is 1. The molecule has 0 aliphatic carbocycles. The standard InChI is InChI=1S/C23H22FN7O3/c1-31-11-10-16(29-31)14-6-4-7-17(22(14)33-2)26-18-12-21(25-13-15(18)23(32)30-34-3)28-20-9-5-8-19(24)27-20/h4-13H,1-3H3,(H,30,32)(H2,25,26,27,28). The summed E-state index contributed by atoms with van der Waals surface area (Å²) in [4.78, 5) is 25.4. The number of hydroxylamine groups is 1. The van der Waals surface area contributed by atoms with Crippen LogP contribution in [0.1, 0.15) is 10.4 Å². The molecule has 3 aromatic heterocycles. The quantitative estimate of drug-likeness (QED) is 0.267. The first-order valence-corrected chi connectivity index (χ1v) is 10.2. The van der Waals surface area contributed by atoms with Gasteiger partial charge in [-0.25, -0.2) is 15.4 Å². The predicted molar refractivity (Wildman–Crippen MR) is 125 cm³/mol. The van der Waals surface area contributed by atoms with Gasteiger partial charge in [-0.2, -0.15) is 9.49 Å². The maximum absolute atomic E-state index is 13.5. The molecule has 0 aliphatic heterocycles. The van der Waals surface area contributed by atoms with Crippen molar-refractivity contribution in [2.75, 3.05) is 24.9 Å². The van der Waals surface area contributed by atoms with Gasteiger partial charge in [0.05, 0.1) is 36.9 Å². The number of methoxy groups -OCH3 is 1. The van der Waals surface area contributed by atoms with E-state index in [-0.39, 0.29) is 11.4 Å². The van der Waals surface area contributed by atoms with Crippen LogP contribution in [-0.4, -0.2) is 39.9 Å². The highest BCUT2D eigenvalue weighted by molar-refractivity contribution is 6.00. The highest BCUT2D eigenvalue weighted by Gasteiger charge is 2.18. The van der Waals surface area contributed by atoms with E-state index in [4.69, 9.17) is 9.57 Å². The van der Waals surface area contributed by atoms with Crippen LogP contribution in [-0.2, 0) is 11.9 Å². The van der Waals surface area contributed by atoms with Gasteiger partial charge in [-0.05, 0) is 30.3 Å². The number of aromatic nitrogens is 4. The van der Waals surface area contributed by atoms with Crippen molar-refractivity contribution in [2.24, 2.45) is 7.05 Å². The summed E-state index contributed by atoms with van der Waals surface area (Å²) in [6.45, 7) is 0. The number of carbonyl (C=O) groups is 1. The second kappa shape index (κ2) is 9.96. The molecule has 10 nitrogen and oxygen atoms in total. The molecule has 0 bridgehead atoms. The number of para-hydroxylation sites is 1. The van der Waals surface area contributed by atoms with E-state index in [1.165, 1.54) is 25.4 Å². The minimum absolute atomic E-state index is 0.213. The van der Waals surface area contributed by atoms with Crippen LogP contribution in [0.15, 0.2) is 60.9 Å². The van der Waals surface area contributed by atoms with Crippen molar-refractivity contribution in [1.82, 2.24) is 25.2 Å². The molecule has 0 saturated carbocycles. The average Bonchev–Trinajstić information content (AvgIpc) is 3.25. The van der Waals surface area contributed by atoms with Crippen LogP contribution in [0.5, 0.6) is 5.75 Å². The summed E-state index contributed by atoms with van der Waals surface area (Å²) in [5.41, 5.74) is 5.00. The number of aryl methyl sites for hydroxylation is 1. The van der Waals surface area contributed by atoms with Crippen LogP contribution < -0.4 is 20.9 Å².